The molecule has 0 aliphatic rings. The molecule has 2 aromatic carbocycles. The van der Waals surface area contributed by atoms with Gasteiger partial charge in [-0.2, -0.15) is 0 Å². The zero-order chi connectivity index (χ0) is 21.8. The van der Waals surface area contributed by atoms with Crippen LogP contribution in [0.4, 0.5) is 5.69 Å². The summed E-state index contributed by atoms with van der Waals surface area (Å²) in [6, 6.07) is 17.2. The zero-order valence-electron chi connectivity index (χ0n) is 17.5. The predicted molar refractivity (Wildman–Crippen MR) is 121 cm³/mol. The first kappa shape index (κ1) is 20.7. The predicted octanol–water partition coefficient (Wildman–Crippen LogP) is 4.88. The number of anilines is 1. The third-order valence-electron chi connectivity index (χ3n) is 4.71. The second-order valence-electron chi connectivity index (χ2n) is 6.97. The first-order valence-corrected chi connectivity index (χ1v) is 10.7. The van der Waals surface area contributed by atoms with Crippen LogP contribution in [0.3, 0.4) is 0 Å². The Hall–Kier alpha value is -3.52. The van der Waals surface area contributed by atoms with E-state index in [2.05, 4.69) is 15.5 Å². The summed E-state index contributed by atoms with van der Waals surface area (Å²) in [5.41, 5.74) is 3.77. The van der Waals surface area contributed by atoms with Crippen LogP contribution in [0, 0.1) is 13.8 Å². The van der Waals surface area contributed by atoms with Crippen molar-refractivity contribution in [1.29, 1.82) is 0 Å². The van der Waals surface area contributed by atoms with Crippen molar-refractivity contribution in [3.8, 4) is 23.0 Å². The van der Waals surface area contributed by atoms with Gasteiger partial charge in [-0.1, -0.05) is 23.9 Å². The van der Waals surface area contributed by atoms with Gasteiger partial charge in [-0.15, -0.1) is 10.2 Å². The minimum Gasteiger partial charge on any atom is -0.497 e. The maximum atomic E-state index is 12.6. The van der Waals surface area contributed by atoms with Gasteiger partial charge in [0.2, 0.25) is 11.7 Å². The van der Waals surface area contributed by atoms with Crippen LogP contribution < -0.4 is 10.1 Å². The Balaban J connectivity index is 1.58. The van der Waals surface area contributed by atoms with Gasteiger partial charge in [0, 0.05) is 5.69 Å². The van der Waals surface area contributed by atoms with E-state index in [4.69, 9.17) is 9.15 Å². The summed E-state index contributed by atoms with van der Waals surface area (Å²) >= 11 is 1.31. The van der Waals surface area contributed by atoms with Crippen molar-refractivity contribution in [2.24, 2.45) is 0 Å². The summed E-state index contributed by atoms with van der Waals surface area (Å²) < 4.78 is 12.7. The largest absolute Gasteiger partial charge is 0.497 e. The number of carbonyl (C=O) groups is 1. The molecular weight excluding hydrogens is 412 g/mol. The van der Waals surface area contributed by atoms with Gasteiger partial charge in [0.15, 0.2) is 10.9 Å². The van der Waals surface area contributed by atoms with Crippen LogP contribution >= 0.6 is 11.8 Å². The maximum Gasteiger partial charge on any atom is 0.234 e. The van der Waals surface area contributed by atoms with Crippen molar-refractivity contribution in [1.82, 2.24) is 14.8 Å². The number of ether oxygens (including phenoxy) is 1. The molecule has 1 N–H and O–H groups in total. The summed E-state index contributed by atoms with van der Waals surface area (Å²) in [5.74, 6) is 1.99. The molecule has 2 aromatic heterocycles. The van der Waals surface area contributed by atoms with Gasteiger partial charge >= 0.3 is 0 Å². The van der Waals surface area contributed by atoms with Gasteiger partial charge in [0.1, 0.15) is 5.75 Å². The lowest BCUT2D eigenvalue weighted by Crippen LogP contribution is -2.15. The molecule has 4 rings (SSSR count). The average molecular weight is 435 g/mol. The average Bonchev–Trinajstić information content (AvgIpc) is 3.44. The third-order valence-corrected chi connectivity index (χ3v) is 5.63. The van der Waals surface area contributed by atoms with Crippen LogP contribution in [0.1, 0.15) is 11.1 Å². The lowest BCUT2D eigenvalue weighted by atomic mass is 10.1. The molecule has 2 heterocycles. The topological polar surface area (TPSA) is 82.2 Å². The number of benzene rings is 2. The molecule has 0 fully saturated rings. The summed E-state index contributed by atoms with van der Waals surface area (Å²) in [6.07, 6.45) is 1.59. The van der Waals surface area contributed by atoms with Crippen molar-refractivity contribution < 1.29 is 13.9 Å². The number of furan rings is 1. The molecule has 0 atom stereocenters. The lowest BCUT2D eigenvalue weighted by molar-refractivity contribution is -0.113. The summed E-state index contributed by atoms with van der Waals surface area (Å²) in [7, 11) is 1.62. The number of nitrogens with zero attached hydrogens (tertiary/aromatic N) is 3. The molecule has 0 bridgehead atoms. The summed E-state index contributed by atoms with van der Waals surface area (Å²) in [4.78, 5) is 12.6. The molecular formula is C23H22N4O3S. The Kier molecular flexibility index (Phi) is 6.08. The molecule has 0 saturated carbocycles. The number of hydrogen-bond donors (Lipinski definition) is 1. The molecule has 0 unspecified atom stereocenters. The Bertz CT molecular complexity index is 1180. The Morgan fingerprint density at radius 1 is 1.13 bits per heavy atom. The van der Waals surface area contributed by atoms with Gasteiger partial charge in [-0.3, -0.25) is 9.36 Å². The second kappa shape index (κ2) is 9.09. The molecule has 0 aliphatic carbocycles. The quantitative estimate of drug-likeness (QED) is 0.417. The number of hydrogen-bond acceptors (Lipinski definition) is 6. The van der Waals surface area contributed by atoms with E-state index < -0.39 is 0 Å². The molecule has 7 nitrogen and oxygen atoms in total. The van der Waals surface area contributed by atoms with E-state index in [1.807, 2.05) is 66.9 Å². The lowest BCUT2D eigenvalue weighted by Gasteiger charge is -2.11. The van der Waals surface area contributed by atoms with Gasteiger partial charge < -0.3 is 14.5 Å². The number of amides is 1. The Morgan fingerprint density at radius 3 is 2.65 bits per heavy atom. The van der Waals surface area contributed by atoms with E-state index in [1.165, 1.54) is 11.8 Å². The van der Waals surface area contributed by atoms with Gasteiger partial charge in [0.05, 0.1) is 24.8 Å². The molecule has 4 aromatic rings. The van der Waals surface area contributed by atoms with Crippen LogP contribution in [0.5, 0.6) is 5.75 Å². The van der Waals surface area contributed by atoms with Crippen molar-refractivity contribution in [3.63, 3.8) is 0 Å². The molecule has 0 spiro atoms. The van der Waals surface area contributed by atoms with Gasteiger partial charge in [0.25, 0.3) is 0 Å². The fourth-order valence-electron chi connectivity index (χ4n) is 3.08. The molecule has 0 saturated heterocycles. The van der Waals surface area contributed by atoms with Crippen LogP contribution in [-0.4, -0.2) is 33.5 Å². The number of methoxy groups -OCH3 is 1. The first-order chi connectivity index (χ1) is 15.0. The van der Waals surface area contributed by atoms with E-state index in [1.54, 1.807) is 19.4 Å². The van der Waals surface area contributed by atoms with E-state index >= 15 is 0 Å². The Labute approximate surface area is 184 Å². The molecule has 1 amide bonds. The second-order valence-corrected chi connectivity index (χ2v) is 7.91. The Morgan fingerprint density at radius 2 is 1.94 bits per heavy atom. The molecule has 0 aliphatic heterocycles. The van der Waals surface area contributed by atoms with Crippen molar-refractivity contribution in [2.45, 2.75) is 19.0 Å². The highest BCUT2D eigenvalue weighted by Gasteiger charge is 2.19. The first-order valence-electron chi connectivity index (χ1n) is 9.69. The number of rotatable bonds is 7. The summed E-state index contributed by atoms with van der Waals surface area (Å²) in [6.45, 7) is 3.97. The normalized spacial score (nSPS) is 10.8. The van der Waals surface area contributed by atoms with E-state index in [9.17, 15) is 4.79 Å². The molecule has 0 radical (unpaired) electrons. The molecule has 31 heavy (non-hydrogen) atoms. The maximum absolute atomic E-state index is 12.6. The number of thioether (sulfide) groups is 1. The van der Waals surface area contributed by atoms with Crippen LogP contribution in [0.25, 0.3) is 17.3 Å². The highest BCUT2D eigenvalue weighted by atomic mass is 32.2. The fourth-order valence-corrected chi connectivity index (χ4v) is 3.83. The van der Waals surface area contributed by atoms with Crippen LogP contribution in [0.15, 0.2) is 70.4 Å². The molecule has 158 valence electrons. The molecule has 8 heteroatoms. The number of aromatic nitrogens is 3. The number of aryl methyl sites for hydroxylation is 2. The fraction of sp³-hybridized carbons (Fsp3) is 0.174. The number of carbonyl (C=O) groups excluding carboxylic acids is 1. The monoisotopic (exact) mass is 434 g/mol. The van der Waals surface area contributed by atoms with Crippen LogP contribution in [0.2, 0.25) is 0 Å². The highest BCUT2D eigenvalue weighted by Crippen LogP contribution is 2.29. The number of nitrogens with one attached hydrogen (secondary N) is 1. The minimum absolute atomic E-state index is 0.109. The van der Waals surface area contributed by atoms with Crippen molar-refractivity contribution in [3.05, 3.63) is 72.0 Å². The van der Waals surface area contributed by atoms with Crippen molar-refractivity contribution in [2.75, 3.05) is 18.2 Å². The highest BCUT2D eigenvalue weighted by molar-refractivity contribution is 7.99. The van der Waals surface area contributed by atoms with E-state index in [0.29, 0.717) is 16.7 Å². The summed E-state index contributed by atoms with van der Waals surface area (Å²) in [5, 5.41) is 12.2. The smallest absolute Gasteiger partial charge is 0.234 e. The van der Waals surface area contributed by atoms with E-state index in [-0.39, 0.29) is 11.7 Å². The SMILES string of the molecule is COc1ccc(-n2c(SCC(=O)Nc3cc(C)ccc3C)nnc2-c2ccco2)cc1. The van der Waals surface area contributed by atoms with Crippen molar-refractivity contribution >= 4 is 23.4 Å². The third kappa shape index (κ3) is 4.64. The van der Waals surface area contributed by atoms with Crippen LogP contribution in [-0.2, 0) is 4.79 Å². The standard InChI is InChI=1S/C23H22N4O3S/c1-15-6-7-16(2)19(13-15)24-21(28)14-31-23-26-25-22(20-5-4-12-30-20)27(23)17-8-10-18(29-3)11-9-17/h4-13H,14H2,1-3H3,(H,24,28). The van der Waals surface area contributed by atoms with Gasteiger partial charge in [-0.05, 0) is 67.4 Å². The van der Waals surface area contributed by atoms with Gasteiger partial charge in [-0.25, -0.2) is 0 Å². The zero-order valence-corrected chi connectivity index (χ0v) is 18.3. The van der Waals surface area contributed by atoms with E-state index in [0.717, 1.165) is 28.3 Å². The minimum atomic E-state index is -0.109.